The van der Waals surface area contributed by atoms with Gasteiger partial charge in [0.1, 0.15) is 11.5 Å². The lowest BCUT2D eigenvalue weighted by atomic mass is 10.1. The molecule has 2 aromatic rings. The third-order valence-corrected chi connectivity index (χ3v) is 4.17. The van der Waals surface area contributed by atoms with Crippen molar-refractivity contribution in [2.24, 2.45) is 0 Å². The zero-order valence-electron chi connectivity index (χ0n) is 12.8. The van der Waals surface area contributed by atoms with Crippen molar-refractivity contribution in [3.63, 3.8) is 0 Å². The quantitative estimate of drug-likeness (QED) is 0.821. The van der Waals surface area contributed by atoms with Crippen molar-refractivity contribution >= 4 is 5.69 Å². The van der Waals surface area contributed by atoms with Crippen LogP contribution in [0.15, 0.2) is 48.5 Å². The van der Waals surface area contributed by atoms with Gasteiger partial charge in [0.2, 0.25) is 0 Å². The Bertz CT molecular complexity index is 690. The molecular weight excluding hydrogens is 272 g/mol. The van der Waals surface area contributed by atoms with E-state index in [9.17, 15) is 0 Å². The van der Waals surface area contributed by atoms with Gasteiger partial charge in [-0.05, 0) is 43.5 Å². The van der Waals surface area contributed by atoms with Crippen LogP contribution in [0, 0.1) is 18.3 Å². The summed E-state index contributed by atoms with van der Waals surface area (Å²) in [6.07, 6.45) is 2.83. The zero-order valence-corrected chi connectivity index (χ0v) is 12.8. The van der Waals surface area contributed by atoms with Crippen LogP contribution in [-0.2, 0) is 0 Å². The van der Waals surface area contributed by atoms with E-state index < -0.39 is 0 Å². The molecule has 1 atom stereocenters. The van der Waals surface area contributed by atoms with Gasteiger partial charge in [-0.25, -0.2) is 0 Å². The summed E-state index contributed by atoms with van der Waals surface area (Å²) < 4.78 is 6.01. The molecule has 22 heavy (non-hydrogen) atoms. The lowest BCUT2D eigenvalue weighted by molar-refractivity contribution is 0.478. The molecule has 0 radical (unpaired) electrons. The predicted octanol–water partition coefficient (Wildman–Crippen LogP) is 4.67. The molecule has 3 nitrogen and oxygen atoms in total. The van der Waals surface area contributed by atoms with Crippen LogP contribution in [0.1, 0.15) is 24.8 Å². The van der Waals surface area contributed by atoms with E-state index in [-0.39, 0.29) is 0 Å². The van der Waals surface area contributed by atoms with Crippen LogP contribution in [0.25, 0.3) is 0 Å². The second-order valence-corrected chi connectivity index (χ2v) is 5.72. The summed E-state index contributed by atoms with van der Waals surface area (Å²) >= 11 is 0. The minimum absolute atomic E-state index is 0.332. The van der Waals surface area contributed by atoms with Gasteiger partial charge >= 0.3 is 0 Å². The Hall–Kier alpha value is -2.47. The Kier molecular flexibility index (Phi) is 4.29. The average Bonchev–Trinajstić information content (AvgIpc) is 2.99. The second kappa shape index (κ2) is 6.53. The number of anilines is 1. The zero-order chi connectivity index (χ0) is 15.4. The molecule has 0 N–H and O–H groups in total. The van der Waals surface area contributed by atoms with E-state index in [4.69, 9.17) is 10.00 Å². The van der Waals surface area contributed by atoms with Crippen LogP contribution in [-0.4, -0.2) is 12.6 Å². The predicted molar refractivity (Wildman–Crippen MR) is 88.3 cm³/mol. The lowest BCUT2D eigenvalue weighted by Crippen LogP contribution is -2.28. The molecule has 0 bridgehead atoms. The summed E-state index contributed by atoms with van der Waals surface area (Å²) in [5, 5.41) is 8.97. The number of benzene rings is 2. The molecule has 3 heteroatoms. The van der Waals surface area contributed by atoms with Crippen molar-refractivity contribution in [3.05, 3.63) is 54.1 Å². The second-order valence-electron chi connectivity index (χ2n) is 5.72. The molecule has 0 aromatic heterocycles. The van der Waals surface area contributed by atoms with Crippen molar-refractivity contribution in [1.29, 1.82) is 5.26 Å². The maximum atomic E-state index is 8.97. The standard InChI is InChI=1S/C19H20N2O/c1-15-6-2-3-10-19(15)22-18-9-4-7-17(14-18)21-13-5-8-16(21)11-12-20/h2-4,6-7,9-10,14,16H,5,8,11,13H2,1H3/t16-/m0/s1. The lowest BCUT2D eigenvalue weighted by Gasteiger charge is -2.25. The number of nitriles is 1. The monoisotopic (exact) mass is 292 g/mol. The van der Waals surface area contributed by atoms with Gasteiger partial charge in [0, 0.05) is 24.3 Å². The van der Waals surface area contributed by atoms with Gasteiger partial charge in [0.05, 0.1) is 12.5 Å². The normalized spacial score (nSPS) is 17.3. The maximum absolute atomic E-state index is 8.97. The third kappa shape index (κ3) is 3.07. The highest BCUT2D eigenvalue weighted by molar-refractivity contribution is 5.53. The van der Waals surface area contributed by atoms with Gasteiger partial charge in [-0.2, -0.15) is 5.26 Å². The van der Waals surface area contributed by atoms with Gasteiger partial charge in [0.25, 0.3) is 0 Å². The summed E-state index contributed by atoms with van der Waals surface area (Å²) in [6, 6.07) is 18.8. The van der Waals surface area contributed by atoms with E-state index in [0.29, 0.717) is 12.5 Å². The molecule has 112 valence electrons. The molecule has 0 saturated carbocycles. The summed E-state index contributed by atoms with van der Waals surface area (Å²) in [5.74, 6) is 1.73. The fraction of sp³-hybridized carbons (Fsp3) is 0.316. The van der Waals surface area contributed by atoms with Crippen LogP contribution in [0.3, 0.4) is 0 Å². The highest BCUT2D eigenvalue weighted by Gasteiger charge is 2.24. The van der Waals surface area contributed by atoms with Crippen LogP contribution in [0.2, 0.25) is 0 Å². The van der Waals surface area contributed by atoms with E-state index in [0.717, 1.165) is 42.1 Å². The molecule has 1 heterocycles. The van der Waals surface area contributed by atoms with Crippen molar-refractivity contribution in [1.82, 2.24) is 0 Å². The highest BCUT2D eigenvalue weighted by Crippen LogP contribution is 2.32. The number of rotatable bonds is 4. The fourth-order valence-electron chi connectivity index (χ4n) is 3.02. The van der Waals surface area contributed by atoms with Crippen LogP contribution in [0.4, 0.5) is 5.69 Å². The molecule has 2 aromatic carbocycles. The number of hydrogen-bond acceptors (Lipinski definition) is 3. The van der Waals surface area contributed by atoms with Gasteiger partial charge in [-0.15, -0.1) is 0 Å². The van der Waals surface area contributed by atoms with Crippen molar-refractivity contribution in [2.75, 3.05) is 11.4 Å². The molecule has 0 aliphatic carbocycles. The molecule has 3 rings (SSSR count). The Morgan fingerprint density at radius 2 is 2.09 bits per heavy atom. The molecule has 0 amide bonds. The van der Waals surface area contributed by atoms with E-state index in [1.807, 2.05) is 43.3 Å². The van der Waals surface area contributed by atoms with Crippen molar-refractivity contribution in [3.8, 4) is 17.6 Å². The summed E-state index contributed by atoms with van der Waals surface area (Å²) in [5.41, 5.74) is 2.26. The SMILES string of the molecule is Cc1ccccc1Oc1cccc(N2CCC[C@H]2CC#N)c1. The molecular formula is C19H20N2O. The molecule has 1 aliphatic rings. The summed E-state index contributed by atoms with van der Waals surface area (Å²) in [4.78, 5) is 2.33. The van der Waals surface area contributed by atoms with Crippen molar-refractivity contribution < 1.29 is 4.74 Å². The van der Waals surface area contributed by atoms with Crippen LogP contribution < -0.4 is 9.64 Å². The highest BCUT2D eigenvalue weighted by atomic mass is 16.5. The number of nitrogens with zero attached hydrogens (tertiary/aromatic N) is 2. The Morgan fingerprint density at radius 1 is 1.23 bits per heavy atom. The van der Waals surface area contributed by atoms with E-state index in [2.05, 4.69) is 23.1 Å². The molecule has 0 unspecified atom stereocenters. The maximum Gasteiger partial charge on any atom is 0.130 e. The molecule has 1 aliphatic heterocycles. The number of aryl methyl sites for hydroxylation is 1. The third-order valence-electron chi connectivity index (χ3n) is 4.17. The Labute approximate surface area is 131 Å². The van der Waals surface area contributed by atoms with Crippen LogP contribution >= 0.6 is 0 Å². The topological polar surface area (TPSA) is 36.3 Å². The Morgan fingerprint density at radius 3 is 2.91 bits per heavy atom. The minimum atomic E-state index is 0.332. The minimum Gasteiger partial charge on any atom is -0.457 e. The number of ether oxygens (including phenoxy) is 1. The fourth-order valence-corrected chi connectivity index (χ4v) is 3.02. The smallest absolute Gasteiger partial charge is 0.130 e. The first kappa shape index (κ1) is 14.5. The number of hydrogen-bond donors (Lipinski definition) is 0. The van der Waals surface area contributed by atoms with Gasteiger partial charge in [0.15, 0.2) is 0 Å². The first-order valence-corrected chi connectivity index (χ1v) is 7.75. The van der Waals surface area contributed by atoms with Gasteiger partial charge < -0.3 is 9.64 Å². The van der Waals surface area contributed by atoms with E-state index >= 15 is 0 Å². The molecule has 0 spiro atoms. The van der Waals surface area contributed by atoms with Gasteiger partial charge in [-0.1, -0.05) is 24.3 Å². The molecule has 1 saturated heterocycles. The largest absolute Gasteiger partial charge is 0.457 e. The van der Waals surface area contributed by atoms with Crippen LogP contribution in [0.5, 0.6) is 11.5 Å². The van der Waals surface area contributed by atoms with E-state index in [1.54, 1.807) is 0 Å². The Balaban J connectivity index is 1.81. The van der Waals surface area contributed by atoms with Gasteiger partial charge in [-0.3, -0.25) is 0 Å². The summed E-state index contributed by atoms with van der Waals surface area (Å²) in [6.45, 7) is 3.06. The molecule has 1 fully saturated rings. The first-order valence-electron chi connectivity index (χ1n) is 7.75. The first-order chi connectivity index (χ1) is 10.8. The number of para-hydroxylation sites is 1. The van der Waals surface area contributed by atoms with Crippen molar-refractivity contribution in [2.45, 2.75) is 32.2 Å². The average molecular weight is 292 g/mol. The van der Waals surface area contributed by atoms with E-state index in [1.165, 1.54) is 0 Å². The summed E-state index contributed by atoms with van der Waals surface area (Å²) in [7, 11) is 0.